The molecule has 11 heteroatoms. The molecule has 0 unspecified atom stereocenters. The minimum Gasteiger partial charge on any atom is -0.496 e. The van der Waals surface area contributed by atoms with Crippen LogP contribution in [0.2, 0.25) is 5.02 Å². The summed E-state index contributed by atoms with van der Waals surface area (Å²) in [5.74, 6) is 0.593. The van der Waals surface area contributed by atoms with Gasteiger partial charge in [0.25, 0.3) is 10.0 Å². The molecule has 2 aromatic heterocycles. The molecule has 2 aromatic carbocycles. The van der Waals surface area contributed by atoms with E-state index in [0.717, 1.165) is 0 Å². The number of benzene rings is 2. The number of hydrogen-bond acceptors (Lipinski definition) is 6. The van der Waals surface area contributed by atoms with Gasteiger partial charge in [-0.25, -0.2) is 13.4 Å². The summed E-state index contributed by atoms with van der Waals surface area (Å²) in [6, 6.07) is 12.6. The molecule has 9 nitrogen and oxygen atoms in total. The largest absolute Gasteiger partial charge is 0.496 e. The second-order valence-corrected chi connectivity index (χ2v) is 8.97. The third kappa shape index (κ3) is 4.36. The fourth-order valence-corrected chi connectivity index (χ4v) is 4.34. The fraction of sp³-hybridized carbons (Fsp3) is 0.0952. The average Bonchev–Trinajstić information content (AvgIpc) is 3.16. The number of carbonyl (C=O) groups is 1. The van der Waals surface area contributed by atoms with Gasteiger partial charge in [-0.2, -0.15) is 5.10 Å². The van der Waals surface area contributed by atoms with Gasteiger partial charge in [-0.3, -0.25) is 14.6 Å². The summed E-state index contributed by atoms with van der Waals surface area (Å²) in [7, 11) is -2.39. The molecule has 1 amide bonds. The van der Waals surface area contributed by atoms with Crippen LogP contribution in [0.1, 0.15) is 6.92 Å². The smallest absolute Gasteiger partial charge is 0.261 e. The van der Waals surface area contributed by atoms with Crippen LogP contribution in [0.15, 0.2) is 59.6 Å². The molecule has 4 aromatic rings. The number of methoxy groups -OCH3 is 1. The molecule has 0 bridgehead atoms. The predicted molar refractivity (Wildman–Crippen MR) is 122 cm³/mol. The SMILES string of the molecule is COc1ccc(S(=O)(=O)Nc2ccc(Cl)cc2)cc1-c1cnc2n[nH]c(NC(C)=O)c2c1. The number of nitrogens with zero attached hydrogens (tertiary/aromatic N) is 2. The Morgan fingerprint density at radius 1 is 1.12 bits per heavy atom. The number of fused-ring (bicyclic) bond motifs is 1. The Hall–Kier alpha value is -3.63. The van der Waals surface area contributed by atoms with Crippen molar-refractivity contribution in [2.75, 3.05) is 17.1 Å². The maximum atomic E-state index is 13.0. The fourth-order valence-electron chi connectivity index (χ4n) is 3.13. The topological polar surface area (TPSA) is 126 Å². The minimum atomic E-state index is -3.88. The monoisotopic (exact) mass is 471 g/mol. The van der Waals surface area contributed by atoms with Crippen LogP contribution in [0.3, 0.4) is 0 Å². The number of sulfonamides is 1. The van der Waals surface area contributed by atoms with E-state index in [2.05, 4.69) is 25.2 Å². The molecule has 0 spiro atoms. The number of rotatable bonds is 6. The molecule has 0 aliphatic rings. The number of halogens is 1. The summed E-state index contributed by atoms with van der Waals surface area (Å²) in [5.41, 5.74) is 1.89. The van der Waals surface area contributed by atoms with Gasteiger partial charge >= 0.3 is 0 Å². The van der Waals surface area contributed by atoms with Crippen LogP contribution in [0, 0.1) is 0 Å². The van der Waals surface area contributed by atoms with E-state index < -0.39 is 10.0 Å². The first-order chi connectivity index (χ1) is 15.3. The van der Waals surface area contributed by atoms with Gasteiger partial charge in [0.15, 0.2) is 5.65 Å². The number of ether oxygens (including phenoxy) is 1. The first-order valence-corrected chi connectivity index (χ1v) is 11.2. The quantitative estimate of drug-likeness (QED) is 0.389. The summed E-state index contributed by atoms with van der Waals surface area (Å²) in [5, 5.41) is 10.5. The van der Waals surface area contributed by atoms with Crippen LogP contribution in [0.5, 0.6) is 5.75 Å². The highest BCUT2D eigenvalue weighted by Crippen LogP contribution is 2.34. The van der Waals surface area contributed by atoms with Crippen molar-refractivity contribution in [2.24, 2.45) is 0 Å². The lowest BCUT2D eigenvalue weighted by atomic mass is 10.1. The van der Waals surface area contributed by atoms with E-state index in [9.17, 15) is 13.2 Å². The van der Waals surface area contributed by atoms with Crippen LogP contribution in [0.25, 0.3) is 22.2 Å². The number of aromatic nitrogens is 3. The zero-order chi connectivity index (χ0) is 22.9. The third-order valence-electron chi connectivity index (χ3n) is 4.60. The van der Waals surface area contributed by atoms with Crippen molar-refractivity contribution in [3.8, 4) is 16.9 Å². The molecule has 2 heterocycles. The van der Waals surface area contributed by atoms with Crippen LogP contribution >= 0.6 is 11.6 Å². The van der Waals surface area contributed by atoms with Gasteiger partial charge in [-0.15, -0.1) is 0 Å². The zero-order valence-electron chi connectivity index (χ0n) is 17.0. The molecule has 0 saturated heterocycles. The standard InChI is InChI=1S/C21H18ClN5O4S/c1-12(28)24-21-18-9-13(11-23-20(18)25-26-21)17-10-16(7-8-19(17)31-2)32(29,30)27-15-5-3-14(22)4-6-15/h3-11,27H,1-2H3,(H2,23,24,25,26,28). The van der Waals surface area contributed by atoms with Crippen molar-refractivity contribution in [3.05, 3.63) is 59.8 Å². The molecule has 0 aliphatic heterocycles. The number of anilines is 2. The van der Waals surface area contributed by atoms with Crippen molar-refractivity contribution in [3.63, 3.8) is 0 Å². The number of aromatic amines is 1. The molecular formula is C21H18ClN5O4S. The van der Waals surface area contributed by atoms with Gasteiger partial charge in [-0.05, 0) is 48.5 Å². The summed E-state index contributed by atoms with van der Waals surface area (Å²) >= 11 is 5.87. The van der Waals surface area contributed by atoms with Gasteiger partial charge in [0.1, 0.15) is 11.6 Å². The Kier molecular flexibility index (Phi) is 5.72. The summed E-state index contributed by atoms with van der Waals surface area (Å²) in [4.78, 5) is 15.8. The maximum absolute atomic E-state index is 13.0. The van der Waals surface area contributed by atoms with Crippen molar-refractivity contribution < 1.29 is 17.9 Å². The van der Waals surface area contributed by atoms with E-state index in [4.69, 9.17) is 16.3 Å². The van der Waals surface area contributed by atoms with Gasteiger partial charge in [0, 0.05) is 35.0 Å². The zero-order valence-corrected chi connectivity index (χ0v) is 18.6. The van der Waals surface area contributed by atoms with Crippen LogP contribution in [-0.2, 0) is 14.8 Å². The van der Waals surface area contributed by atoms with E-state index in [1.807, 2.05) is 0 Å². The predicted octanol–water partition coefficient (Wildman–Crippen LogP) is 4.05. The van der Waals surface area contributed by atoms with E-state index >= 15 is 0 Å². The maximum Gasteiger partial charge on any atom is 0.261 e. The molecule has 0 atom stereocenters. The molecular weight excluding hydrogens is 454 g/mol. The van der Waals surface area contributed by atoms with Gasteiger partial charge in [0.05, 0.1) is 17.4 Å². The van der Waals surface area contributed by atoms with Crippen LogP contribution in [0.4, 0.5) is 11.5 Å². The Balaban J connectivity index is 1.77. The second-order valence-electron chi connectivity index (χ2n) is 6.85. The number of amides is 1. The summed E-state index contributed by atoms with van der Waals surface area (Å²) in [6.45, 7) is 1.38. The van der Waals surface area contributed by atoms with E-state index in [1.54, 1.807) is 42.6 Å². The first-order valence-electron chi connectivity index (χ1n) is 9.35. The van der Waals surface area contributed by atoms with Gasteiger partial charge < -0.3 is 10.1 Å². The van der Waals surface area contributed by atoms with Crippen molar-refractivity contribution in [1.82, 2.24) is 15.2 Å². The third-order valence-corrected chi connectivity index (χ3v) is 6.23. The summed E-state index contributed by atoms with van der Waals surface area (Å²) < 4.78 is 33.9. The highest BCUT2D eigenvalue weighted by atomic mass is 35.5. The van der Waals surface area contributed by atoms with E-state index in [1.165, 1.54) is 26.2 Å². The molecule has 32 heavy (non-hydrogen) atoms. The second kappa shape index (κ2) is 8.48. The number of H-pyrrole nitrogens is 1. The number of carbonyl (C=O) groups excluding carboxylic acids is 1. The van der Waals surface area contributed by atoms with Crippen LogP contribution < -0.4 is 14.8 Å². The molecule has 0 radical (unpaired) electrons. The lowest BCUT2D eigenvalue weighted by molar-refractivity contribution is -0.114. The number of pyridine rings is 1. The Morgan fingerprint density at radius 3 is 2.56 bits per heavy atom. The Labute approximate surface area is 188 Å². The highest BCUT2D eigenvalue weighted by molar-refractivity contribution is 7.92. The number of nitrogens with one attached hydrogen (secondary N) is 3. The van der Waals surface area contributed by atoms with Gasteiger partial charge in [-0.1, -0.05) is 11.6 Å². The van der Waals surface area contributed by atoms with Gasteiger partial charge in [0.2, 0.25) is 5.91 Å². The first kappa shape index (κ1) is 21.6. The van der Waals surface area contributed by atoms with Crippen molar-refractivity contribution >= 4 is 50.1 Å². The number of hydrogen-bond donors (Lipinski definition) is 3. The minimum absolute atomic E-state index is 0.0395. The molecule has 4 rings (SSSR count). The molecule has 164 valence electrons. The Morgan fingerprint density at radius 2 is 1.88 bits per heavy atom. The molecule has 0 fully saturated rings. The molecule has 0 saturated carbocycles. The summed E-state index contributed by atoms with van der Waals surface area (Å²) in [6.07, 6.45) is 1.56. The average molecular weight is 472 g/mol. The van der Waals surface area contributed by atoms with E-state index in [0.29, 0.717) is 44.4 Å². The van der Waals surface area contributed by atoms with Crippen molar-refractivity contribution in [2.45, 2.75) is 11.8 Å². The Bertz CT molecular complexity index is 1420. The van der Waals surface area contributed by atoms with E-state index in [-0.39, 0.29) is 10.8 Å². The lowest BCUT2D eigenvalue weighted by Crippen LogP contribution is -2.13. The van der Waals surface area contributed by atoms with Crippen molar-refractivity contribution in [1.29, 1.82) is 0 Å². The van der Waals surface area contributed by atoms with Crippen LogP contribution in [-0.4, -0.2) is 36.6 Å². The molecule has 0 aliphatic carbocycles. The highest BCUT2D eigenvalue weighted by Gasteiger charge is 2.19. The normalized spacial score (nSPS) is 11.3. The molecule has 3 N–H and O–H groups in total. The lowest BCUT2D eigenvalue weighted by Gasteiger charge is -2.13.